The predicted molar refractivity (Wildman–Crippen MR) is 64.9 cm³/mol. The van der Waals surface area contributed by atoms with Crippen molar-refractivity contribution in [1.29, 1.82) is 0 Å². The van der Waals surface area contributed by atoms with Crippen LogP contribution in [0.3, 0.4) is 0 Å². The lowest BCUT2D eigenvalue weighted by molar-refractivity contribution is -0.154. The molecule has 0 heterocycles. The van der Waals surface area contributed by atoms with Gasteiger partial charge >= 0.3 is 23.9 Å². The van der Waals surface area contributed by atoms with Crippen LogP contribution in [-0.4, -0.2) is 45.8 Å². The molecule has 0 radical (unpaired) electrons. The van der Waals surface area contributed by atoms with Crippen molar-refractivity contribution < 1.29 is 39.2 Å². The van der Waals surface area contributed by atoms with Gasteiger partial charge in [-0.25, -0.2) is 0 Å². The van der Waals surface area contributed by atoms with Gasteiger partial charge in [0.15, 0.2) is 0 Å². The Kier molecular flexibility index (Phi) is 7.64. The molecule has 0 aliphatic carbocycles. The largest absolute Gasteiger partial charge is 0.481 e. The van der Waals surface area contributed by atoms with Gasteiger partial charge in [0.1, 0.15) is 6.61 Å². The van der Waals surface area contributed by atoms with Gasteiger partial charge < -0.3 is 20.1 Å². The maximum absolute atomic E-state index is 11.4. The normalized spacial score (nSPS) is 13.0. The first-order valence-electron chi connectivity index (χ1n) is 5.70. The number of rotatable bonds is 10. The SMILES string of the molecule is C=CCOC(=O)CC(CC(=O)O)C(CC(=O)O)C(=O)O. The van der Waals surface area contributed by atoms with Crippen molar-refractivity contribution in [1.82, 2.24) is 0 Å². The van der Waals surface area contributed by atoms with E-state index >= 15 is 0 Å². The van der Waals surface area contributed by atoms with Crippen LogP contribution in [0, 0.1) is 11.8 Å². The van der Waals surface area contributed by atoms with E-state index in [0.29, 0.717) is 0 Å². The van der Waals surface area contributed by atoms with Gasteiger partial charge in [-0.3, -0.25) is 19.2 Å². The highest BCUT2D eigenvalue weighted by Gasteiger charge is 2.33. The summed E-state index contributed by atoms with van der Waals surface area (Å²) in [5.41, 5.74) is 0. The van der Waals surface area contributed by atoms with Gasteiger partial charge in [0.2, 0.25) is 0 Å². The van der Waals surface area contributed by atoms with Gasteiger partial charge in [-0.15, -0.1) is 0 Å². The second kappa shape index (κ2) is 8.68. The van der Waals surface area contributed by atoms with Crippen molar-refractivity contribution >= 4 is 23.9 Å². The molecule has 0 aromatic carbocycles. The Morgan fingerprint density at radius 1 is 1.00 bits per heavy atom. The van der Waals surface area contributed by atoms with E-state index in [1.165, 1.54) is 6.08 Å². The zero-order valence-corrected chi connectivity index (χ0v) is 10.7. The van der Waals surface area contributed by atoms with E-state index in [1.807, 2.05) is 0 Å². The summed E-state index contributed by atoms with van der Waals surface area (Å²) in [4.78, 5) is 43.8. The maximum atomic E-state index is 11.4. The summed E-state index contributed by atoms with van der Waals surface area (Å²) in [6.07, 6.45) is -0.574. The fourth-order valence-electron chi connectivity index (χ4n) is 1.65. The quantitative estimate of drug-likeness (QED) is 0.387. The molecule has 0 fully saturated rings. The van der Waals surface area contributed by atoms with Crippen LogP contribution in [0.5, 0.6) is 0 Å². The molecule has 0 aromatic rings. The Labute approximate surface area is 114 Å². The van der Waals surface area contributed by atoms with Crippen LogP contribution in [0.4, 0.5) is 0 Å². The molecule has 8 heteroatoms. The highest BCUT2D eigenvalue weighted by Crippen LogP contribution is 2.24. The zero-order valence-electron chi connectivity index (χ0n) is 10.7. The molecular formula is C12H16O8. The predicted octanol–water partition coefficient (Wildman–Crippen LogP) is 0.372. The third-order valence-corrected chi connectivity index (χ3v) is 2.51. The van der Waals surface area contributed by atoms with E-state index in [-0.39, 0.29) is 6.61 Å². The minimum Gasteiger partial charge on any atom is -0.481 e. The topological polar surface area (TPSA) is 138 Å². The first-order valence-corrected chi connectivity index (χ1v) is 5.70. The van der Waals surface area contributed by atoms with Gasteiger partial charge in [0.25, 0.3) is 0 Å². The number of carbonyl (C=O) groups is 4. The molecule has 0 rings (SSSR count). The average molecular weight is 288 g/mol. The van der Waals surface area contributed by atoms with Gasteiger partial charge in [0.05, 0.1) is 12.3 Å². The second-order valence-corrected chi connectivity index (χ2v) is 4.08. The van der Waals surface area contributed by atoms with E-state index in [0.717, 1.165) is 0 Å². The van der Waals surface area contributed by atoms with Crippen LogP contribution >= 0.6 is 0 Å². The van der Waals surface area contributed by atoms with Gasteiger partial charge in [-0.1, -0.05) is 12.7 Å². The van der Waals surface area contributed by atoms with Crippen LogP contribution in [0.2, 0.25) is 0 Å². The Morgan fingerprint density at radius 3 is 1.95 bits per heavy atom. The molecule has 112 valence electrons. The summed E-state index contributed by atoms with van der Waals surface area (Å²) >= 11 is 0. The first-order chi connectivity index (χ1) is 9.27. The summed E-state index contributed by atoms with van der Waals surface area (Å²) < 4.78 is 4.65. The Hall–Kier alpha value is -2.38. The van der Waals surface area contributed by atoms with Crippen LogP contribution in [0.15, 0.2) is 12.7 Å². The van der Waals surface area contributed by atoms with Crippen molar-refractivity contribution in [2.24, 2.45) is 11.8 Å². The molecule has 0 spiro atoms. The first kappa shape index (κ1) is 17.6. The Balaban J connectivity index is 4.93. The fourth-order valence-corrected chi connectivity index (χ4v) is 1.65. The zero-order chi connectivity index (χ0) is 15.7. The Morgan fingerprint density at radius 2 is 1.55 bits per heavy atom. The number of hydrogen-bond donors (Lipinski definition) is 3. The lowest BCUT2D eigenvalue weighted by Gasteiger charge is -2.20. The number of carbonyl (C=O) groups excluding carboxylic acids is 1. The van der Waals surface area contributed by atoms with Crippen molar-refractivity contribution in [2.45, 2.75) is 19.3 Å². The molecule has 3 N–H and O–H groups in total. The molecule has 20 heavy (non-hydrogen) atoms. The van der Waals surface area contributed by atoms with E-state index in [1.54, 1.807) is 0 Å². The minimum absolute atomic E-state index is 0.0880. The summed E-state index contributed by atoms with van der Waals surface area (Å²) in [6, 6.07) is 0. The molecule has 8 nitrogen and oxygen atoms in total. The second-order valence-electron chi connectivity index (χ2n) is 4.08. The van der Waals surface area contributed by atoms with E-state index in [9.17, 15) is 19.2 Å². The van der Waals surface area contributed by atoms with Gasteiger partial charge in [-0.05, 0) is 5.92 Å². The van der Waals surface area contributed by atoms with Crippen LogP contribution in [-0.2, 0) is 23.9 Å². The minimum atomic E-state index is -1.47. The molecule has 0 bridgehead atoms. The third kappa shape index (κ3) is 7.14. The summed E-state index contributed by atoms with van der Waals surface area (Å²) in [6.45, 7) is 3.23. The monoisotopic (exact) mass is 288 g/mol. The van der Waals surface area contributed by atoms with E-state index in [2.05, 4.69) is 11.3 Å². The lowest BCUT2D eigenvalue weighted by atomic mass is 9.84. The van der Waals surface area contributed by atoms with E-state index in [4.69, 9.17) is 15.3 Å². The number of aliphatic carboxylic acids is 3. The fraction of sp³-hybridized carbons (Fsp3) is 0.500. The van der Waals surface area contributed by atoms with Gasteiger partial charge in [0, 0.05) is 12.8 Å². The molecule has 2 atom stereocenters. The van der Waals surface area contributed by atoms with Crippen molar-refractivity contribution in [3.8, 4) is 0 Å². The van der Waals surface area contributed by atoms with Crippen molar-refractivity contribution in [3.05, 3.63) is 12.7 Å². The molecule has 0 aliphatic rings. The lowest BCUT2D eigenvalue weighted by Crippen LogP contribution is -2.30. The maximum Gasteiger partial charge on any atom is 0.307 e. The summed E-state index contributed by atoms with van der Waals surface area (Å²) in [7, 11) is 0. The third-order valence-electron chi connectivity index (χ3n) is 2.51. The van der Waals surface area contributed by atoms with Gasteiger partial charge in [-0.2, -0.15) is 0 Å². The van der Waals surface area contributed by atoms with Crippen LogP contribution in [0.25, 0.3) is 0 Å². The molecule has 0 aromatic heterocycles. The number of esters is 1. The number of hydrogen-bond acceptors (Lipinski definition) is 5. The number of carboxylic acids is 3. The molecule has 0 saturated carbocycles. The highest BCUT2D eigenvalue weighted by molar-refractivity contribution is 5.80. The van der Waals surface area contributed by atoms with Crippen molar-refractivity contribution in [3.63, 3.8) is 0 Å². The smallest absolute Gasteiger partial charge is 0.307 e. The van der Waals surface area contributed by atoms with E-state index < -0.39 is 55.0 Å². The average Bonchev–Trinajstić information content (AvgIpc) is 2.31. The highest BCUT2D eigenvalue weighted by atomic mass is 16.5. The number of ether oxygens (including phenoxy) is 1. The summed E-state index contributed by atoms with van der Waals surface area (Å²) in [5.74, 6) is -7.59. The Bertz CT molecular complexity index is 400. The molecule has 0 aliphatic heterocycles. The number of carboxylic acid groups (broad SMARTS) is 3. The molecule has 2 unspecified atom stereocenters. The molecule has 0 saturated heterocycles. The molecule has 0 amide bonds. The summed E-state index contributed by atoms with van der Waals surface area (Å²) in [5, 5.41) is 26.4. The van der Waals surface area contributed by atoms with Crippen LogP contribution in [0.1, 0.15) is 19.3 Å². The standard InChI is InChI=1S/C12H16O8/c1-2-3-20-11(17)5-7(4-9(13)14)8(12(18)19)6-10(15)16/h2,7-8H,1,3-6H2,(H,13,14)(H,15,16)(H,18,19). The van der Waals surface area contributed by atoms with Crippen molar-refractivity contribution in [2.75, 3.05) is 6.61 Å². The van der Waals surface area contributed by atoms with Crippen LogP contribution < -0.4 is 0 Å². The molecular weight excluding hydrogens is 272 g/mol.